The van der Waals surface area contributed by atoms with Crippen molar-refractivity contribution in [3.8, 4) is 0 Å². The number of carbonyl (C=O) groups excluding carboxylic acids is 1. The quantitative estimate of drug-likeness (QED) is 0.664. The molecule has 6 nitrogen and oxygen atoms in total. The normalized spacial score (nSPS) is 14.0. The van der Waals surface area contributed by atoms with Crippen molar-refractivity contribution in [3.63, 3.8) is 0 Å². The first-order chi connectivity index (χ1) is 9.39. The largest absolute Gasteiger partial charge is 0.397 e. The lowest BCUT2D eigenvalue weighted by molar-refractivity contribution is 0.0242. The van der Waals surface area contributed by atoms with E-state index >= 15 is 0 Å². The minimum absolute atomic E-state index is 0.173. The fourth-order valence-electron chi connectivity index (χ4n) is 1.92. The molecule has 1 amide bonds. The highest BCUT2D eigenvalue weighted by Crippen LogP contribution is 2.12. The van der Waals surface area contributed by atoms with Crippen molar-refractivity contribution in [1.82, 2.24) is 9.88 Å². The summed E-state index contributed by atoms with van der Waals surface area (Å²) in [4.78, 5) is 12.1. The van der Waals surface area contributed by atoms with Crippen LogP contribution < -0.4 is 11.1 Å². The van der Waals surface area contributed by atoms with Crippen molar-refractivity contribution in [2.45, 2.75) is 38.8 Å². The summed E-state index contributed by atoms with van der Waals surface area (Å²) in [5.41, 5.74) is 5.83. The highest BCUT2D eigenvalue weighted by atomic mass is 16.5. The van der Waals surface area contributed by atoms with Crippen molar-refractivity contribution in [1.29, 1.82) is 0 Å². The third-order valence-corrected chi connectivity index (χ3v) is 3.09. The van der Waals surface area contributed by atoms with Crippen LogP contribution >= 0.6 is 0 Å². The average Bonchev–Trinajstić information content (AvgIpc) is 2.75. The van der Waals surface area contributed by atoms with Crippen LogP contribution in [-0.4, -0.2) is 41.4 Å². The summed E-state index contributed by atoms with van der Waals surface area (Å²) < 4.78 is 6.76. The van der Waals surface area contributed by atoms with Crippen LogP contribution in [0.4, 0.5) is 5.69 Å². The van der Waals surface area contributed by atoms with Gasteiger partial charge in [0.15, 0.2) is 0 Å². The summed E-state index contributed by atoms with van der Waals surface area (Å²) in [6.07, 6.45) is 3.13. The zero-order chi connectivity index (χ0) is 15.2. The molecule has 0 aliphatic carbocycles. The van der Waals surface area contributed by atoms with E-state index in [1.807, 2.05) is 11.5 Å². The Bertz CT molecular complexity index is 441. The molecule has 4 N–H and O–H groups in total. The van der Waals surface area contributed by atoms with Gasteiger partial charge in [-0.25, -0.2) is 0 Å². The molecule has 1 atom stereocenters. The van der Waals surface area contributed by atoms with Crippen molar-refractivity contribution in [3.05, 3.63) is 18.0 Å². The van der Waals surface area contributed by atoms with Gasteiger partial charge >= 0.3 is 0 Å². The SMILES string of the molecule is CCCn1cc(N)cc1C(=O)NCC(C)(O)CCOC. The predicted octanol–water partition coefficient (Wildman–Crippen LogP) is 0.998. The topological polar surface area (TPSA) is 89.5 Å². The van der Waals surface area contributed by atoms with E-state index in [0.717, 1.165) is 13.0 Å². The maximum Gasteiger partial charge on any atom is 0.268 e. The maximum absolute atomic E-state index is 12.1. The zero-order valence-corrected chi connectivity index (χ0v) is 12.5. The number of hydrogen-bond donors (Lipinski definition) is 3. The van der Waals surface area contributed by atoms with Crippen LogP contribution in [0.3, 0.4) is 0 Å². The molecule has 1 rings (SSSR count). The Morgan fingerprint density at radius 3 is 2.90 bits per heavy atom. The Kier molecular flexibility index (Phi) is 6.04. The van der Waals surface area contributed by atoms with Gasteiger partial charge in [0.1, 0.15) is 5.69 Å². The molecular formula is C14H25N3O3. The first-order valence-corrected chi connectivity index (χ1v) is 6.85. The van der Waals surface area contributed by atoms with Crippen LogP contribution in [0.1, 0.15) is 37.2 Å². The number of aliphatic hydroxyl groups is 1. The third kappa shape index (κ3) is 4.86. The van der Waals surface area contributed by atoms with E-state index in [4.69, 9.17) is 10.5 Å². The number of aromatic nitrogens is 1. The van der Waals surface area contributed by atoms with Crippen molar-refractivity contribution in [2.75, 3.05) is 26.0 Å². The summed E-state index contributed by atoms with van der Waals surface area (Å²) >= 11 is 0. The van der Waals surface area contributed by atoms with Crippen LogP contribution in [0.2, 0.25) is 0 Å². The van der Waals surface area contributed by atoms with Gasteiger partial charge in [-0.1, -0.05) is 6.92 Å². The van der Waals surface area contributed by atoms with E-state index in [1.54, 1.807) is 26.3 Å². The Hall–Kier alpha value is -1.53. The lowest BCUT2D eigenvalue weighted by atomic mass is 10.0. The number of ether oxygens (including phenoxy) is 1. The number of anilines is 1. The number of nitrogens with zero attached hydrogens (tertiary/aromatic N) is 1. The van der Waals surface area contributed by atoms with Crippen LogP contribution in [-0.2, 0) is 11.3 Å². The second-order valence-corrected chi connectivity index (χ2v) is 5.27. The van der Waals surface area contributed by atoms with Gasteiger partial charge in [0.2, 0.25) is 0 Å². The number of amides is 1. The van der Waals surface area contributed by atoms with Gasteiger partial charge in [-0.2, -0.15) is 0 Å². The van der Waals surface area contributed by atoms with Crippen molar-refractivity contribution in [2.24, 2.45) is 0 Å². The van der Waals surface area contributed by atoms with Gasteiger partial charge in [-0.3, -0.25) is 4.79 Å². The monoisotopic (exact) mass is 283 g/mol. The minimum atomic E-state index is -0.987. The molecule has 1 aromatic heterocycles. The first kappa shape index (κ1) is 16.5. The van der Waals surface area contributed by atoms with Gasteiger partial charge in [-0.05, 0) is 19.4 Å². The standard InChI is InChI=1S/C14H25N3O3/c1-4-6-17-9-11(15)8-12(17)13(18)16-10-14(2,19)5-7-20-3/h8-9,19H,4-7,10,15H2,1-3H3,(H,16,18). The number of aryl methyl sites for hydroxylation is 1. The second kappa shape index (κ2) is 7.31. The smallest absolute Gasteiger partial charge is 0.268 e. The van der Waals surface area contributed by atoms with E-state index < -0.39 is 5.60 Å². The molecule has 0 spiro atoms. The highest BCUT2D eigenvalue weighted by molar-refractivity contribution is 5.93. The Labute approximate surface area is 119 Å². The molecular weight excluding hydrogens is 258 g/mol. The van der Waals surface area contributed by atoms with Gasteiger partial charge in [-0.15, -0.1) is 0 Å². The summed E-state index contributed by atoms with van der Waals surface area (Å²) in [6.45, 7) is 5.06. The number of carbonyl (C=O) groups is 1. The van der Waals surface area contributed by atoms with E-state index in [1.165, 1.54) is 0 Å². The number of methoxy groups -OCH3 is 1. The van der Waals surface area contributed by atoms with Crippen LogP contribution in [0.25, 0.3) is 0 Å². The van der Waals surface area contributed by atoms with Gasteiger partial charge in [0.25, 0.3) is 5.91 Å². The number of hydrogen-bond acceptors (Lipinski definition) is 4. The lowest BCUT2D eigenvalue weighted by Gasteiger charge is -2.23. The molecule has 20 heavy (non-hydrogen) atoms. The summed E-state index contributed by atoms with van der Waals surface area (Å²) in [6, 6.07) is 1.65. The summed E-state index contributed by atoms with van der Waals surface area (Å²) in [5, 5.41) is 12.8. The fraction of sp³-hybridized carbons (Fsp3) is 0.643. The first-order valence-electron chi connectivity index (χ1n) is 6.85. The second-order valence-electron chi connectivity index (χ2n) is 5.27. The maximum atomic E-state index is 12.1. The lowest BCUT2D eigenvalue weighted by Crippen LogP contribution is -2.41. The molecule has 0 bridgehead atoms. The Morgan fingerprint density at radius 2 is 2.30 bits per heavy atom. The fourth-order valence-corrected chi connectivity index (χ4v) is 1.92. The number of nitrogen functional groups attached to an aromatic ring is 1. The predicted molar refractivity (Wildman–Crippen MR) is 78.6 cm³/mol. The molecule has 0 fully saturated rings. The van der Waals surface area contributed by atoms with Gasteiger partial charge < -0.3 is 25.5 Å². The third-order valence-electron chi connectivity index (χ3n) is 3.09. The average molecular weight is 283 g/mol. The molecule has 0 aromatic carbocycles. The van der Waals surface area contributed by atoms with Crippen LogP contribution in [0.5, 0.6) is 0 Å². The number of rotatable bonds is 8. The molecule has 1 heterocycles. The molecule has 1 aromatic rings. The molecule has 0 saturated heterocycles. The minimum Gasteiger partial charge on any atom is -0.397 e. The molecule has 114 valence electrons. The van der Waals surface area contributed by atoms with E-state index in [-0.39, 0.29) is 12.5 Å². The summed E-state index contributed by atoms with van der Waals surface area (Å²) in [5.74, 6) is -0.229. The highest BCUT2D eigenvalue weighted by Gasteiger charge is 2.22. The van der Waals surface area contributed by atoms with Gasteiger partial charge in [0, 0.05) is 39.4 Å². The molecule has 1 unspecified atom stereocenters. The zero-order valence-electron chi connectivity index (χ0n) is 12.5. The van der Waals surface area contributed by atoms with Crippen LogP contribution in [0.15, 0.2) is 12.3 Å². The van der Waals surface area contributed by atoms with Crippen molar-refractivity contribution < 1.29 is 14.6 Å². The molecule has 6 heteroatoms. The Balaban J connectivity index is 2.62. The molecule has 0 saturated carbocycles. The number of nitrogens with one attached hydrogen (secondary N) is 1. The van der Waals surface area contributed by atoms with E-state index in [9.17, 15) is 9.90 Å². The number of nitrogens with two attached hydrogens (primary N) is 1. The van der Waals surface area contributed by atoms with E-state index in [0.29, 0.717) is 24.4 Å². The summed E-state index contributed by atoms with van der Waals surface area (Å²) in [7, 11) is 1.58. The molecule has 0 aliphatic heterocycles. The van der Waals surface area contributed by atoms with Crippen molar-refractivity contribution >= 4 is 11.6 Å². The molecule has 0 radical (unpaired) electrons. The van der Waals surface area contributed by atoms with Gasteiger partial charge in [0.05, 0.1) is 11.3 Å². The Morgan fingerprint density at radius 1 is 1.60 bits per heavy atom. The van der Waals surface area contributed by atoms with E-state index in [2.05, 4.69) is 5.32 Å². The molecule has 0 aliphatic rings. The van der Waals surface area contributed by atoms with Crippen LogP contribution in [0, 0.1) is 0 Å².